The minimum Gasteiger partial charge on any atom is -0.497 e. The fourth-order valence-electron chi connectivity index (χ4n) is 3.88. The van der Waals surface area contributed by atoms with Crippen LogP contribution in [0.4, 0.5) is 0 Å². The molecule has 0 spiro atoms. The third-order valence-corrected chi connectivity index (χ3v) is 6.26. The van der Waals surface area contributed by atoms with E-state index in [1.54, 1.807) is 45.2 Å². The van der Waals surface area contributed by atoms with Crippen LogP contribution in [0.5, 0.6) is 11.5 Å². The van der Waals surface area contributed by atoms with Crippen molar-refractivity contribution in [3.63, 3.8) is 0 Å². The molecule has 1 N–H and O–H groups in total. The molecular weight excluding hydrogens is 492 g/mol. The van der Waals surface area contributed by atoms with Crippen molar-refractivity contribution in [1.29, 1.82) is 0 Å². The number of benzene rings is 3. The van der Waals surface area contributed by atoms with Gasteiger partial charge in [0.25, 0.3) is 0 Å². The Morgan fingerprint density at radius 1 is 0.974 bits per heavy atom. The molecule has 3 aromatic carbocycles. The van der Waals surface area contributed by atoms with Gasteiger partial charge in [-0.3, -0.25) is 9.59 Å². The molecule has 0 saturated carbocycles. The Kier molecular flexibility index (Phi) is 8.61. The number of carboxylic acid groups (broad SMARTS) is 1. The number of carboxylic acids is 1. The third-order valence-electron chi connectivity index (χ3n) is 6.26. The van der Waals surface area contributed by atoms with Gasteiger partial charge in [0.05, 0.1) is 18.2 Å². The molecule has 1 heterocycles. The molecule has 0 fully saturated rings. The normalized spacial score (nSPS) is 11.5. The van der Waals surface area contributed by atoms with Gasteiger partial charge >= 0.3 is 5.97 Å². The quantitative estimate of drug-likeness (QED) is 0.216. The number of imidazole rings is 1. The van der Waals surface area contributed by atoms with Gasteiger partial charge in [-0.2, -0.15) is 0 Å². The summed E-state index contributed by atoms with van der Waals surface area (Å²) < 4.78 is 12.9. The fraction of sp³-hybridized carbons (Fsp3) is 0.219. The minimum absolute atomic E-state index is 0.0734. The molecule has 0 aliphatic rings. The number of ketones is 1. The lowest BCUT2D eigenvalue weighted by Gasteiger charge is -2.19. The van der Waals surface area contributed by atoms with Crippen molar-refractivity contribution in [2.75, 3.05) is 13.7 Å². The van der Waals surface area contributed by atoms with Crippen molar-refractivity contribution in [3.8, 4) is 22.8 Å². The first-order valence-electron chi connectivity index (χ1n) is 12.7. The highest BCUT2D eigenvalue weighted by molar-refractivity contribution is 6.07. The molecule has 4 aromatic rings. The van der Waals surface area contributed by atoms with Crippen LogP contribution in [-0.2, 0) is 11.3 Å². The number of aliphatic carboxylic acids is 1. The molecule has 0 amide bonds. The van der Waals surface area contributed by atoms with Crippen molar-refractivity contribution < 1.29 is 24.2 Å². The first-order chi connectivity index (χ1) is 18.8. The third kappa shape index (κ3) is 7.02. The molecule has 1 aromatic heterocycles. The van der Waals surface area contributed by atoms with Gasteiger partial charge in [-0.25, -0.2) is 4.98 Å². The maximum Gasteiger partial charge on any atom is 0.312 e. The van der Waals surface area contributed by atoms with E-state index in [-0.39, 0.29) is 12.4 Å². The van der Waals surface area contributed by atoms with Gasteiger partial charge in [0.1, 0.15) is 18.1 Å². The number of carbonyl (C=O) groups is 2. The Hall–Kier alpha value is -4.65. The molecule has 0 saturated heterocycles. The number of aromatic nitrogens is 2. The lowest BCUT2D eigenvalue weighted by molar-refractivity contribution is -0.148. The van der Waals surface area contributed by atoms with E-state index in [9.17, 15) is 14.7 Å². The molecule has 0 aliphatic heterocycles. The van der Waals surface area contributed by atoms with Crippen LogP contribution in [0.25, 0.3) is 17.3 Å². The van der Waals surface area contributed by atoms with Crippen LogP contribution in [0, 0.1) is 5.41 Å². The number of hydrogen-bond acceptors (Lipinski definition) is 5. The molecule has 0 bridgehead atoms. The van der Waals surface area contributed by atoms with Crippen LogP contribution in [0.15, 0.2) is 91.1 Å². The first-order valence-corrected chi connectivity index (χ1v) is 12.7. The van der Waals surface area contributed by atoms with Crippen molar-refractivity contribution in [2.24, 2.45) is 5.41 Å². The van der Waals surface area contributed by atoms with E-state index in [0.29, 0.717) is 35.9 Å². The summed E-state index contributed by atoms with van der Waals surface area (Å²) >= 11 is 0. The maximum absolute atomic E-state index is 13.4. The van der Waals surface area contributed by atoms with E-state index in [2.05, 4.69) is 0 Å². The van der Waals surface area contributed by atoms with Crippen LogP contribution in [-0.4, -0.2) is 40.1 Å². The van der Waals surface area contributed by atoms with E-state index in [4.69, 9.17) is 14.5 Å². The topological polar surface area (TPSA) is 90.6 Å². The number of nitrogens with zero attached hydrogens (tertiary/aromatic N) is 2. The van der Waals surface area contributed by atoms with E-state index in [1.165, 1.54) is 0 Å². The molecule has 0 aliphatic carbocycles. The van der Waals surface area contributed by atoms with Crippen LogP contribution < -0.4 is 9.47 Å². The fourth-order valence-corrected chi connectivity index (χ4v) is 3.88. The Labute approximate surface area is 228 Å². The second-order valence-electron chi connectivity index (χ2n) is 9.81. The second kappa shape index (κ2) is 12.3. The Bertz CT molecular complexity index is 1470. The molecule has 4 rings (SSSR count). The van der Waals surface area contributed by atoms with Crippen LogP contribution >= 0.6 is 0 Å². The van der Waals surface area contributed by atoms with E-state index < -0.39 is 11.4 Å². The predicted octanol–water partition coefficient (Wildman–Crippen LogP) is 6.38. The monoisotopic (exact) mass is 524 g/mol. The molecule has 0 radical (unpaired) electrons. The number of allylic oxidation sites excluding steroid dienone is 1. The van der Waals surface area contributed by atoms with Crippen LogP contribution in [0.2, 0.25) is 0 Å². The molecule has 0 atom stereocenters. The zero-order valence-corrected chi connectivity index (χ0v) is 22.3. The van der Waals surface area contributed by atoms with Gasteiger partial charge in [0, 0.05) is 23.9 Å². The summed E-state index contributed by atoms with van der Waals surface area (Å²) in [5, 5.41) is 9.30. The maximum atomic E-state index is 13.4. The number of rotatable bonds is 12. The Balaban J connectivity index is 1.50. The zero-order valence-electron chi connectivity index (χ0n) is 22.3. The summed E-state index contributed by atoms with van der Waals surface area (Å²) in [6.07, 6.45) is 6.59. The highest BCUT2D eigenvalue weighted by Gasteiger charge is 2.28. The highest BCUT2D eigenvalue weighted by Crippen LogP contribution is 2.23. The molecule has 7 heteroatoms. The number of methoxy groups -OCH3 is 1. The second-order valence-corrected chi connectivity index (χ2v) is 9.81. The largest absolute Gasteiger partial charge is 0.497 e. The molecule has 200 valence electrons. The smallest absolute Gasteiger partial charge is 0.312 e. The zero-order chi connectivity index (χ0) is 27.8. The lowest BCUT2D eigenvalue weighted by atomic mass is 9.95. The Morgan fingerprint density at radius 2 is 1.72 bits per heavy atom. The number of aryl methyl sites for hydroxylation is 1. The van der Waals surface area contributed by atoms with Gasteiger partial charge in [0.2, 0.25) is 5.78 Å². The first kappa shape index (κ1) is 27.4. The summed E-state index contributed by atoms with van der Waals surface area (Å²) in [6, 6.07) is 24.4. The van der Waals surface area contributed by atoms with Crippen molar-refractivity contribution in [3.05, 3.63) is 108 Å². The average molecular weight is 525 g/mol. The van der Waals surface area contributed by atoms with E-state index in [0.717, 1.165) is 16.8 Å². The van der Waals surface area contributed by atoms with Gasteiger partial charge in [-0.15, -0.1) is 0 Å². The molecule has 7 nitrogen and oxygen atoms in total. The van der Waals surface area contributed by atoms with Crippen molar-refractivity contribution in [1.82, 2.24) is 9.55 Å². The van der Waals surface area contributed by atoms with Gasteiger partial charge in [-0.1, -0.05) is 66.7 Å². The summed E-state index contributed by atoms with van der Waals surface area (Å²) in [6.45, 7) is 3.89. The number of hydrogen-bond donors (Lipinski definition) is 1. The predicted molar refractivity (Wildman–Crippen MR) is 151 cm³/mol. The van der Waals surface area contributed by atoms with Crippen LogP contribution in [0.1, 0.15) is 42.0 Å². The van der Waals surface area contributed by atoms with Gasteiger partial charge < -0.3 is 19.1 Å². The standard InChI is InChI=1S/C32H32N2O5/c1-32(2,31(36)37)22-39-27-17-9-12-23(19-27)11-7-8-18-34-21-28(24-13-5-4-6-14-24)33-30(34)29(35)25-15-10-16-26(20-25)38-3/h4-7,9-17,19-21H,8,18,22H2,1-3H3,(H,36,37)/b11-7+. The molecular formula is C32H32N2O5. The van der Waals surface area contributed by atoms with Crippen LogP contribution in [0.3, 0.4) is 0 Å². The Morgan fingerprint density at radius 3 is 2.46 bits per heavy atom. The van der Waals surface area contributed by atoms with E-state index in [1.807, 2.05) is 77.5 Å². The highest BCUT2D eigenvalue weighted by atomic mass is 16.5. The minimum atomic E-state index is -0.977. The average Bonchev–Trinajstić information content (AvgIpc) is 3.38. The molecule has 0 unspecified atom stereocenters. The lowest BCUT2D eigenvalue weighted by Crippen LogP contribution is -2.30. The van der Waals surface area contributed by atoms with Crippen molar-refractivity contribution in [2.45, 2.75) is 26.8 Å². The summed E-state index contributed by atoms with van der Waals surface area (Å²) in [5.74, 6) is 0.515. The summed E-state index contributed by atoms with van der Waals surface area (Å²) in [4.78, 5) is 29.5. The number of carbonyl (C=O) groups excluding carboxylic acids is 1. The summed E-state index contributed by atoms with van der Waals surface area (Å²) in [5.41, 5.74) is 2.15. The SMILES string of the molecule is COc1cccc(C(=O)c2nc(-c3ccccc3)cn2CC/C=C/c2cccc(OCC(C)(C)C(=O)O)c2)c1. The number of ether oxygens (including phenoxy) is 2. The van der Waals surface area contributed by atoms with Gasteiger partial charge in [0.15, 0.2) is 5.82 Å². The molecule has 39 heavy (non-hydrogen) atoms. The van der Waals surface area contributed by atoms with Gasteiger partial charge in [-0.05, 0) is 50.1 Å². The van der Waals surface area contributed by atoms with Crippen molar-refractivity contribution >= 4 is 17.8 Å². The van der Waals surface area contributed by atoms with E-state index >= 15 is 0 Å². The summed E-state index contributed by atoms with van der Waals surface area (Å²) in [7, 11) is 1.57.